The number of nitrogens with zero attached hydrogens (tertiary/aromatic N) is 2. The fraction of sp³-hybridized carbons (Fsp3) is 0.615. The Kier molecular flexibility index (Phi) is 7.01. The van der Waals surface area contributed by atoms with Gasteiger partial charge in [0, 0.05) is 29.9 Å². The number of carbonyl (C=O) groups excluding carboxylic acids is 2. The maximum atomic E-state index is 11.4. The molecule has 0 spiro atoms. The van der Waals surface area contributed by atoms with Crippen LogP contribution in [0.15, 0.2) is 5.38 Å². The summed E-state index contributed by atoms with van der Waals surface area (Å²) in [4.78, 5) is 28.7. The highest BCUT2D eigenvalue weighted by Crippen LogP contribution is 2.25. The van der Waals surface area contributed by atoms with Crippen LogP contribution in [0, 0.1) is 0 Å². The van der Waals surface area contributed by atoms with Gasteiger partial charge in [0.1, 0.15) is 0 Å². The lowest BCUT2D eigenvalue weighted by Gasteiger charge is -2.14. The van der Waals surface area contributed by atoms with Gasteiger partial charge in [-0.15, -0.1) is 11.3 Å². The Morgan fingerprint density at radius 3 is 2.80 bits per heavy atom. The third kappa shape index (κ3) is 5.13. The number of ether oxygens (including phenoxy) is 1. The van der Waals surface area contributed by atoms with Crippen molar-refractivity contribution in [3.05, 3.63) is 11.1 Å². The lowest BCUT2D eigenvalue weighted by Crippen LogP contribution is -2.27. The number of amides is 1. The van der Waals surface area contributed by atoms with Crippen LogP contribution in [0.2, 0.25) is 0 Å². The van der Waals surface area contributed by atoms with Gasteiger partial charge in [-0.2, -0.15) is 11.8 Å². The number of aromatic nitrogens is 1. The van der Waals surface area contributed by atoms with Gasteiger partial charge in [0.15, 0.2) is 5.13 Å². The smallest absolute Gasteiger partial charge is 0.306 e. The second kappa shape index (κ2) is 8.26. The first-order valence-corrected chi connectivity index (χ1v) is 8.31. The Bertz CT molecular complexity index is 462. The van der Waals surface area contributed by atoms with E-state index in [4.69, 9.17) is 0 Å². The lowest BCUT2D eigenvalue weighted by molar-refractivity contribution is -0.140. The topological polar surface area (TPSA) is 59.5 Å². The van der Waals surface area contributed by atoms with E-state index in [9.17, 15) is 9.59 Å². The molecule has 7 heteroatoms. The third-order valence-corrected chi connectivity index (χ3v) is 4.77. The van der Waals surface area contributed by atoms with Gasteiger partial charge in [-0.25, -0.2) is 4.98 Å². The van der Waals surface area contributed by atoms with Gasteiger partial charge in [-0.3, -0.25) is 14.5 Å². The normalized spacial score (nSPS) is 12.0. The molecule has 0 saturated carbocycles. The van der Waals surface area contributed by atoms with Crippen molar-refractivity contribution in [3.63, 3.8) is 0 Å². The Hall–Kier alpha value is -1.08. The molecule has 0 aliphatic rings. The van der Waals surface area contributed by atoms with Gasteiger partial charge in [0.25, 0.3) is 0 Å². The summed E-state index contributed by atoms with van der Waals surface area (Å²) < 4.78 is 4.64. The molecule has 0 saturated heterocycles. The van der Waals surface area contributed by atoms with E-state index in [2.05, 4.69) is 9.72 Å². The largest absolute Gasteiger partial charge is 0.469 e. The quantitative estimate of drug-likeness (QED) is 0.724. The summed E-state index contributed by atoms with van der Waals surface area (Å²) in [6.45, 7) is 6.07. The molecule has 1 aromatic rings. The van der Waals surface area contributed by atoms with Crippen LogP contribution < -0.4 is 4.90 Å². The van der Waals surface area contributed by atoms with Gasteiger partial charge >= 0.3 is 5.97 Å². The number of thiazole rings is 1. The van der Waals surface area contributed by atoms with E-state index in [1.807, 2.05) is 19.2 Å². The van der Waals surface area contributed by atoms with E-state index in [1.165, 1.54) is 25.4 Å². The highest BCUT2D eigenvalue weighted by atomic mass is 32.2. The summed E-state index contributed by atoms with van der Waals surface area (Å²) in [6.07, 6.45) is 0.396. The molecule has 112 valence electrons. The number of rotatable bonds is 7. The molecule has 1 rings (SSSR count). The molecule has 5 nitrogen and oxygen atoms in total. The maximum Gasteiger partial charge on any atom is 0.306 e. The molecule has 1 unspecified atom stereocenters. The highest BCUT2D eigenvalue weighted by Gasteiger charge is 2.15. The molecule has 0 aliphatic heterocycles. The zero-order valence-electron chi connectivity index (χ0n) is 12.2. The van der Waals surface area contributed by atoms with E-state index in [0.717, 1.165) is 16.6 Å². The maximum absolute atomic E-state index is 11.4. The Labute approximate surface area is 127 Å². The molecule has 1 amide bonds. The van der Waals surface area contributed by atoms with Crippen molar-refractivity contribution in [2.75, 3.05) is 18.6 Å². The van der Waals surface area contributed by atoms with Gasteiger partial charge in [-0.1, -0.05) is 6.92 Å². The number of carbonyl (C=O) groups is 2. The number of methoxy groups -OCH3 is 1. The first-order chi connectivity index (χ1) is 9.47. The zero-order valence-corrected chi connectivity index (χ0v) is 13.8. The van der Waals surface area contributed by atoms with Crippen LogP contribution in [0.3, 0.4) is 0 Å². The van der Waals surface area contributed by atoms with Gasteiger partial charge in [0.2, 0.25) is 5.91 Å². The lowest BCUT2D eigenvalue weighted by atomic mass is 10.3. The van der Waals surface area contributed by atoms with Crippen LogP contribution in [-0.4, -0.2) is 35.8 Å². The predicted molar refractivity (Wildman–Crippen MR) is 83.2 cm³/mol. The molecule has 0 aromatic carbocycles. The predicted octanol–water partition coefficient (Wildman–Crippen LogP) is 2.70. The fourth-order valence-corrected chi connectivity index (χ4v) is 3.48. The van der Waals surface area contributed by atoms with Crippen LogP contribution in [0.5, 0.6) is 0 Å². The monoisotopic (exact) mass is 316 g/mol. The number of anilines is 1. The van der Waals surface area contributed by atoms with Crippen molar-refractivity contribution >= 4 is 40.1 Å². The molecule has 0 N–H and O–H groups in total. The first kappa shape index (κ1) is 17.0. The highest BCUT2D eigenvalue weighted by molar-refractivity contribution is 7.99. The van der Waals surface area contributed by atoms with Crippen LogP contribution in [0.1, 0.15) is 32.9 Å². The first-order valence-electron chi connectivity index (χ1n) is 6.38. The molecule has 20 heavy (non-hydrogen) atoms. The Morgan fingerprint density at radius 1 is 1.55 bits per heavy atom. The second-order valence-corrected chi connectivity index (χ2v) is 6.55. The minimum atomic E-state index is -0.197. The molecule has 0 fully saturated rings. The van der Waals surface area contributed by atoms with E-state index >= 15 is 0 Å². The van der Waals surface area contributed by atoms with Crippen molar-refractivity contribution in [1.29, 1.82) is 0 Å². The standard InChI is InChI=1S/C13H20N2O3S2/c1-5-15(10(3)16)13-14-11(8-20-13)7-19-9(2)6-12(17)18-4/h8-9H,5-7H2,1-4H3. The van der Waals surface area contributed by atoms with Crippen LogP contribution >= 0.6 is 23.1 Å². The van der Waals surface area contributed by atoms with E-state index in [0.29, 0.717) is 13.0 Å². The molecule has 0 radical (unpaired) electrons. The van der Waals surface area contributed by atoms with E-state index in [-0.39, 0.29) is 17.1 Å². The molecular weight excluding hydrogens is 296 g/mol. The van der Waals surface area contributed by atoms with Crippen molar-refractivity contribution in [2.45, 2.75) is 38.2 Å². The molecular formula is C13H20N2O3S2. The minimum absolute atomic E-state index is 0.000104. The van der Waals surface area contributed by atoms with Crippen molar-refractivity contribution in [1.82, 2.24) is 4.98 Å². The van der Waals surface area contributed by atoms with Crippen LogP contribution in [0.25, 0.3) is 0 Å². The number of thioether (sulfide) groups is 1. The SMILES string of the molecule is CCN(C(C)=O)c1nc(CSC(C)CC(=O)OC)cs1. The third-order valence-electron chi connectivity index (χ3n) is 2.66. The summed E-state index contributed by atoms with van der Waals surface area (Å²) in [5, 5.41) is 2.87. The van der Waals surface area contributed by atoms with E-state index < -0.39 is 0 Å². The molecule has 1 atom stereocenters. The number of esters is 1. The minimum Gasteiger partial charge on any atom is -0.469 e. The van der Waals surface area contributed by atoms with Crippen molar-refractivity contribution in [3.8, 4) is 0 Å². The number of hydrogen-bond donors (Lipinski definition) is 0. The summed E-state index contributed by atoms with van der Waals surface area (Å²) >= 11 is 3.12. The van der Waals surface area contributed by atoms with E-state index in [1.54, 1.807) is 16.7 Å². The average Bonchev–Trinajstić information content (AvgIpc) is 2.85. The number of hydrogen-bond acceptors (Lipinski definition) is 6. The zero-order chi connectivity index (χ0) is 15.1. The Balaban J connectivity index is 2.52. The molecule has 0 aliphatic carbocycles. The average molecular weight is 316 g/mol. The molecule has 0 bridgehead atoms. The van der Waals surface area contributed by atoms with Gasteiger partial charge in [0.05, 0.1) is 19.2 Å². The summed E-state index contributed by atoms with van der Waals surface area (Å²) in [5.41, 5.74) is 0.936. The fourth-order valence-electron chi connectivity index (χ4n) is 1.58. The molecule has 1 heterocycles. The van der Waals surface area contributed by atoms with Gasteiger partial charge in [-0.05, 0) is 6.92 Å². The summed E-state index contributed by atoms with van der Waals surface area (Å²) in [7, 11) is 1.40. The summed E-state index contributed by atoms with van der Waals surface area (Å²) in [5.74, 6) is 0.530. The molecule has 1 aromatic heterocycles. The van der Waals surface area contributed by atoms with Crippen LogP contribution in [-0.2, 0) is 20.1 Å². The van der Waals surface area contributed by atoms with Crippen molar-refractivity contribution in [2.24, 2.45) is 0 Å². The van der Waals surface area contributed by atoms with Crippen molar-refractivity contribution < 1.29 is 14.3 Å². The Morgan fingerprint density at radius 2 is 2.25 bits per heavy atom. The van der Waals surface area contributed by atoms with Crippen LogP contribution in [0.4, 0.5) is 5.13 Å². The second-order valence-electron chi connectivity index (χ2n) is 4.29. The van der Waals surface area contributed by atoms with Gasteiger partial charge < -0.3 is 4.74 Å². The summed E-state index contributed by atoms with van der Waals surface area (Å²) in [6, 6.07) is 0.